The zero-order valence-electron chi connectivity index (χ0n) is 11.7. The number of aromatic nitrogens is 1. The molecule has 0 spiro atoms. The van der Waals surface area contributed by atoms with E-state index in [0.29, 0.717) is 11.4 Å². The molecular formula is C12H23N3O2S2. The van der Waals surface area contributed by atoms with Crippen molar-refractivity contribution in [2.45, 2.75) is 38.3 Å². The van der Waals surface area contributed by atoms with Crippen molar-refractivity contribution in [3.05, 3.63) is 18.0 Å². The van der Waals surface area contributed by atoms with E-state index in [1.807, 2.05) is 13.8 Å². The van der Waals surface area contributed by atoms with Gasteiger partial charge in [-0.15, -0.1) is 0 Å². The quantitative estimate of drug-likeness (QED) is 0.647. The Bertz CT molecular complexity index is 471. The maximum absolute atomic E-state index is 12.1. The number of nitrogens with one attached hydrogen (secondary N) is 3. The summed E-state index contributed by atoms with van der Waals surface area (Å²) in [6.45, 7) is 7.45. The van der Waals surface area contributed by atoms with Gasteiger partial charge in [-0.05, 0) is 25.3 Å². The molecule has 19 heavy (non-hydrogen) atoms. The fourth-order valence-electron chi connectivity index (χ4n) is 1.60. The third-order valence-electron chi connectivity index (χ3n) is 2.52. The van der Waals surface area contributed by atoms with E-state index in [-0.39, 0.29) is 6.04 Å². The standard InChI is InChI=1S/C12H23N3O2S2/c1-4-13-7-11-6-12(8-14-11)19(16,17)15-10(3)9-18-5-2/h6,8,10,13-15H,4-5,7,9H2,1-3H3. The van der Waals surface area contributed by atoms with Crippen molar-refractivity contribution in [2.24, 2.45) is 0 Å². The molecule has 0 radical (unpaired) electrons. The predicted octanol–water partition coefficient (Wildman–Crippen LogP) is 1.54. The van der Waals surface area contributed by atoms with E-state index >= 15 is 0 Å². The monoisotopic (exact) mass is 305 g/mol. The molecule has 0 aliphatic carbocycles. The first kappa shape index (κ1) is 16.6. The summed E-state index contributed by atoms with van der Waals surface area (Å²) in [6.07, 6.45) is 1.54. The van der Waals surface area contributed by atoms with Crippen LogP contribution in [0.3, 0.4) is 0 Å². The van der Waals surface area contributed by atoms with Gasteiger partial charge in [-0.1, -0.05) is 13.8 Å². The highest BCUT2D eigenvalue weighted by molar-refractivity contribution is 7.99. The third-order valence-corrected chi connectivity index (χ3v) is 5.23. The van der Waals surface area contributed by atoms with E-state index in [1.54, 1.807) is 17.8 Å². The van der Waals surface area contributed by atoms with Crippen LogP contribution in [-0.4, -0.2) is 37.5 Å². The third kappa shape index (κ3) is 5.56. The highest BCUT2D eigenvalue weighted by Crippen LogP contribution is 2.12. The Morgan fingerprint density at radius 1 is 1.42 bits per heavy atom. The molecule has 1 atom stereocenters. The molecule has 110 valence electrons. The molecule has 0 saturated carbocycles. The topological polar surface area (TPSA) is 74.0 Å². The summed E-state index contributed by atoms with van der Waals surface area (Å²) >= 11 is 1.72. The minimum atomic E-state index is -3.42. The number of hydrogen-bond acceptors (Lipinski definition) is 4. The van der Waals surface area contributed by atoms with Crippen molar-refractivity contribution < 1.29 is 8.42 Å². The van der Waals surface area contributed by atoms with Gasteiger partial charge in [-0.3, -0.25) is 0 Å². The van der Waals surface area contributed by atoms with Crippen molar-refractivity contribution in [3.63, 3.8) is 0 Å². The van der Waals surface area contributed by atoms with Gasteiger partial charge in [0.05, 0.1) is 4.90 Å². The van der Waals surface area contributed by atoms with Crippen LogP contribution in [0.15, 0.2) is 17.2 Å². The van der Waals surface area contributed by atoms with Gasteiger partial charge in [-0.25, -0.2) is 13.1 Å². The Balaban J connectivity index is 2.63. The van der Waals surface area contributed by atoms with Crippen LogP contribution < -0.4 is 10.0 Å². The smallest absolute Gasteiger partial charge is 0.242 e. The molecule has 0 amide bonds. The number of aromatic amines is 1. The molecule has 0 aliphatic heterocycles. The summed E-state index contributed by atoms with van der Waals surface area (Å²) in [4.78, 5) is 3.28. The fourth-order valence-corrected chi connectivity index (χ4v) is 3.64. The maximum Gasteiger partial charge on any atom is 0.242 e. The Hall–Kier alpha value is -0.500. The number of hydrogen-bond donors (Lipinski definition) is 3. The second kappa shape index (κ2) is 7.94. The minimum Gasteiger partial charge on any atom is -0.363 e. The average molecular weight is 305 g/mol. The summed E-state index contributed by atoms with van der Waals surface area (Å²) < 4.78 is 27.0. The largest absolute Gasteiger partial charge is 0.363 e. The lowest BCUT2D eigenvalue weighted by molar-refractivity contribution is 0.571. The molecule has 0 aromatic carbocycles. The van der Waals surface area contributed by atoms with Gasteiger partial charge < -0.3 is 10.3 Å². The summed E-state index contributed by atoms with van der Waals surface area (Å²) in [6, 6.07) is 1.60. The van der Waals surface area contributed by atoms with Crippen molar-refractivity contribution in [3.8, 4) is 0 Å². The molecule has 0 saturated heterocycles. The molecule has 0 fully saturated rings. The van der Waals surface area contributed by atoms with Crippen molar-refractivity contribution in [1.29, 1.82) is 0 Å². The molecule has 0 aliphatic rings. The second-order valence-corrected chi connectivity index (χ2v) is 7.36. The zero-order valence-corrected chi connectivity index (χ0v) is 13.3. The molecule has 1 rings (SSSR count). The van der Waals surface area contributed by atoms with Crippen LogP contribution in [0.5, 0.6) is 0 Å². The zero-order chi connectivity index (χ0) is 14.3. The Morgan fingerprint density at radius 2 is 2.16 bits per heavy atom. The first-order valence-electron chi connectivity index (χ1n) is 6.47. The Labute approximate surface area is 120 Å². The summed E-state index contributed by atoms with van der Waals surface area (Å²) in [5, 5.41) is 3.15. The van der Waals surface area contributed by atoms with Gasteiger partial charge in [0.1, 0.15) is 0 Å². The average Bonchev–Trinajstić information content (AvgIpc) is 2.83. The normalized spacial score (nSPS) is 13.6. The Morgan fingerprint density at radius 3 is 2.79 bits per heavy atom. The van der Waals surface area contributed by atoms with E-state index in [2.05, 4.69) is 21.9 Å². The van der Waals surface area contributed by atoms with Crippen LogP contribution in [-0.2, 0) is 16.6 Å². The van der Waals surface area contributed by atoms with Crippen LogP contribution in [0, 0.1) is 0 Å². The number of H-pyrrole nitrogens is 1. The highest BCUT2D eigenvalue weighted by Gasteiger charge is 2.18. The van der Waals surface area contributed by atoms with Gasteiger partial charge >= 0.3 is 0 Å². The van der Waals surface area contributed by atoms with E-state index < -0.39 is 10.0 Å². The summed E-state index contributed by atoms with van der Waals surface area (Å²) in [5.74, 6) is 1.77. The molecule has 5 nitrogen and oxygen atoms in total. The summed E-state index contributed by atoms with van der Waals surface area (Å²) in [7, 11) is -3.42. The van der Waals surface area contributed by atoms with Gasteiger partial charge in [0.2, 0.25) is 10.0 Å². The highest BCUT2D eigenvalue weighted by atomic mass is 32.2. The molecule has 7 heteroatoms. The molecule has 3 N–H and O–H groups in total. The van der Waals surface area contributed by atoms with Gasteiger partial charge in [-0.2, -0.15) is 11.8 Å². The van der Waals surface area contributed by atoms with Gasteiger partial charge in [0.15, 0.2) is 0 Å². The van der Waals surface area contributed by atoms with Crippen LogP contribution in [0.1, 0.15) is 26.5 Å². The number of thioether (sulfide) groups is 1. The predicted molar refractivity (Wildman–Crippen MR) is 81.0 cm³/mol. The summed E-state index contributed by atoms with van der Waals surface area (Å²) in [5.41, 5.74) is 0.873. The lowest BCUT2D eigenvalue weighted by atomic mass is 10.4. The van der Waals surface area contributed by atoms with Gasteiger partial charge in [0, 0.05) is 30.2 Å². The first-order valence-corrected chi connectivity index (χ1v) is 9.11. The molecular weight excluding hydrogens is 282 g/mol. The van der Waals surface area contributed by atoms with Crippen LogP contribution in [0.25, 0.3) is 0 Å². The van der Waals surface area contributed by atoms with E-state index in [1.165, 1.54) is 6.20 Å². The van der Waals surface area contributed by atoms with Crippen molar-refractivity contribution >= 4 is 21.8 Å². The first-order chi connectivity index (χ1) is 8.99. The van der Waals surface area contributed by atoms with Crippen LogP contribution in [0.4, 0.5) is 0 Å². The second-order valence-electron chi connectivity index (χ2n) is 4.32. The van der Waals surface area contributed by atoms with E-state index in [0.717, 1.165) is 23.7 Å². The maximum atomic E-state index is 12.1. The molecule has 1 heterocycles. The lowest BCUT2D eigenvalue weighted by Gasteiger charge is -2.12. The Kier molecular flexibility index (Phi) is 6.92. The minimum absolute atomic E-state index is 0.0675. The lowest BCUT2D eigenvalue weighted by Crippen LogP contribution is -2.34. The van der Waals surface area contributed by atoms with E-state index in [9.17, 15) is 8.42 Å². The van der Waals surface area contributed by atoms with Crippen LogP contribution in [0.2, 0.25) is 0 Å². The van der Waals surface area contributed by atoms with Crippen molar-refractivity contribution in [2.75, 3.05) is 18.1 Å². The van der Waals surface area contributed by atoms with Crippen LogP contribution >= 0.6 is 11.8 Å². The van der Waals surface area contributed by atoms with E-state index in [4.69, 9.17) is 0 Å². The molecule has 1 unspecified atom stereocenters. The molecule has 1 aromatic rings. The fraction of sp³-hybridized carbons (Fsp3) is 0.667. The molecule has 1 aromatic heterocycles. The number of sulfonamides is 1. The number of rotatable bonds is 9. The van der Waals surface area contributed by atoms with Gasteiger partial charge in [0.25, 0.3) is 0 Å². The molecule has 0 bridgehead atoms. The SMILES string of the molecule is CCNCc1cc(S(=O)(=O)NC(C)CSCC)c[nH]1. The van der Waals surface area contributed by atoms with Crippen molar-refractivity contribution in [1.82, 2.24) is 15.0 Å².